The fourth-order valence-electron chi connectivity index (χ4n) is 3.51. The van der Waals surface area contributed by atoms with Crippen molar-refractivity contribution < 1.29 is 33.5 Å². The highest BCUT2D eigenvalue weighted by Gasteiger charge is 2.18. The summed E-state index contributed by atoms with van der Waals surface area (Å²) in [6, 6.07) is 3.46. The maximum Gasteiger partial charge on any atom is 0.299 e. The van der Waals surface area contributed by atoms with Crippen LogP contribution in [0.25, 0.3) is 0 Å². The summed E-state index contributed by atoms with van der Waals surface area (Å²) in [6.07, 6.45) is 10.4. The predicted octanol–water partition coefficient (Wildman–Crippen LogP) is 5.14. The van der Waals surface area contributed by atoms with E-state index < -0.39 is 9.85 Å². The number of anilines is 1. The van der Waals surface area contributed by atoms with Crippen molar-refractivity contribution in [3.63, 3.8) is 0 Å². The summed E-state index contributed by atoms with van der Waals surface area (Å²) >= 11 is 0. The van der Waals surface area contributed by atoms with Crippen LogP contribution in [0.3, 0.4) is 0 Å². The highest BCUT2D eigenvalue weighted by Crippen LogP contribution is 2.28. The first-order chi connectivity index (χ1) is 18.6. The Hall–Kier alpha value is -2.38. The van der Waals surface area contributed by atoms with Gasteiger partial charge in [0.1, 0.15) is 5.69 Å². The number of hydrogen-bond acceptors (Lipinski definition) is 10. The molecule has 0 aliphatic heterocycles. The van der Waals surface area contributed by atoms with Crippen LogP contribution in [0.5, 0.6) is 0 Å². The van der Waals surface area contributed by atoms with Crippen molar-refractivity contribution >= 4 is 17.1 Å². The molecule has 0 aromatic heterocycles. The van der Waals surface area contributed by atoms with Crippen LogP contribution in [-0.2, 0) is 23.7 Å². The lowest BCUT2D eigenvalue weighted by Crippen LogP contribution is -2.15. The molecule has 0 heterocycles. The minimum Gasteiger partial charge on any atom is -0.379 e. The van der Waals surface area contributed by atoms with Gasteiger partial charge in [-0.25, -0.2) is 0 Å². The molecule has 0 radical (unpaired) electrons. The van der Waals surface area contributed by atoms with Gasteiger partial charge in [-0.05, 0) is 12.5 Å². The summed E-state index contributed by atoms with van der Waals surface area (Å²) in [5.41, 5.74) is -0.482. The number of nitro benzene ring substituents is 2. The number of ether oxygens (including phenoxy) is 5. The molecule has 1 N–H and O–H groups in total. The number of nitro groups is 2. The van der Waals surface area contributed by atoms with E-state index in [0.717, 1.165) is 19.1 Å². The van der Waals surface area contributed by atoms with Gasteiger partial charge in [0.15, 0.2) is 0 Å². The molecule has 0 unspecified atom stereocenters. The van der Waals surface area contributed by atoms with E-state index in [1.54, 1.807) is 0 Å². The lowest BCUT2D eigenvalue weighted by atomic mass is 10.1. The van der Waals surface area contributed by atoms with Crippen LogP contribution < -0.4 is 5.32 Å². The molecule has 12 nitrogen and oxygen atoms in total. The quantitative estimate of drug-likeness (QED) is 0.0899. The molecule has 0 saturated heterocycles. The van der Waals surface area contributed by atoms with Gasteiger partial charge in [0.2, 0.25) is 0 Å². The molecule has 0 spiro atoms. The SMILES string of the molecule is CCCCCCCCCCOCCOCCOCCOCCOCCNc1ccc([N+](=O)[O-])cc1[N+](=O)[O-]. The number of rotatable bonds is 27. The largest absolute Gasteiger partial charge is 0.379 e. The van der Waals surface area contributed by atoms with Crippen LogP contribution in [0.2, 0.25) is 0 Å². The highest BCUT2D eigenvalue weighted by molar-refractivity contribution is 5.65. The van der Waals surface area contributed by atoms with Gasteiger partial charge in [0.05, 0.1) is 75.4 Å². The van der Waals surface area contributed by atoms with E-state index in [-0.39, 0.29) is 17.1 Å². The summed E-state index contributed by atoms with van der Waals surface area (Å²) in [5, 5.41) is 24.7. The molecule has 1 aromatic rings. The molecule has 0 saturated carbocycles. The van der Waals surface area contributed by atoms with Gasteiger partial charge >= 0.3 is 0 Å². The number of hydrogen-bond donors (Lipinski definition) is 1. The molecule has 0 bridgehead atoms. The molecule has 0 aliphatic rings. The molecule has 0 amide bonds. The third kappa shape index (κ3) is 18.0. The molecule has 38 heavy (non-hydrogen) atoms. The summed E-state index contributed by atoms with van der Waals surface area (Å²) in [5.74, 6) is 0. The molecule has 1 aromatic carbocycles. The topological polar surface area (TPSA) is 144 Å². The normalized spacial score (nSPS) is 11.1. The minimum absolute atomic E-state index is 0.202. The van der Waals surface area contributed by atoms with Crippen LogP contribution in [-0.4, -0.2) is 82.5 Å². The predicted molar refractivity (Wildman–Crippen MR) is 145 cm³/mol. The standard InChI is InChI=1S/C26H45N3O9/c1-2-3-4-5-6-7-8-9-13-34-15-17-36-19-21-38-22-20-37-18-16-35-14-12-27-25-11-10-24(28(30)31)23-26(25)29(32)33/h10-11,23,27H,2-9,12-22H2,1H3. The van der Waals surface area contributed by atoms with E-state index in [2.05, 4.69) is 12.2 Å². The Morgan fingerprint density at radius 3 is 1.61 bits per heavy atom. The first-order valence-corrected chi connectivity index (χ1v) is 13.6. The summed E-state index contributed by atoms with van der Waals surface area (Å²) in [7, 11) is 0. The van der Waals surface area contributed by atoms with E-state index in [4.69, 9.17) is 23.7 Å². The lowest BCUT2D eigenvalue weighted by Gasteiger charge is -2.09. The van der Waals surface area contributed by atoms with Crippen LogP contribution in [0, 0.1) is 20.2 Å². The van der Waals surface area contributed by atoms with Gasteiger partial charge in [-0.3, -0.25) is 20.2 Å². The van der Waals surface area contributed by atoms with E-state index in [1.165, 1.54) is 57.1 Å². The Bertz CT molecular complexity index is 753. The van der Waals surface area contributed by atoms with Crippen LogP contribution in [0.4, 0.5) is 17.1 Å². The van der Waals surface area contributed by atoms with E-state index in [1.807, 2.05) is 0 Å². The highest BCUT2D eigenvalue weighted by atomic mass is 16.6. The number of nitrogens with zero attached hydrogens (tertiary/aromatic N) is 2. The van der Waals surface area contributed by atoms with Crippen molar-refractivity contribution in [3.8, 4) is 0 Å². The minimum atomic E-state index is -0.672. The first kappa shape index (κ1) is 33.6. The smallest absolute Gasteiger partial charge is 0.299 e. The molecule has 1 rings (SSSR count). The zero-order valence-electron chi connectivity index (χ0n) is 22.7. The number of benzene rings is 1. The fourth-order valence-corrected chi connectivity index (χ4v) is 3.51. The van der Waals surface area contributed by atoms with Gasteiger partial charge in [-0.1, -0.05) is 51.9 Å². The third-order valence-corrected chi connectivity index (χ3v) is 5.58. The molecule has 0 fully saturated rings. The number of nitrogens with one attached hydrogen (secondary N) is 1. The Kier molecular flexibility index (Phi) is 21.0. The molecule has 0 aliphatic carbocycles. The third-order valence-electron chi connectivity index (χ3n) is 5.58. The molecule has 0 atom stereocenters. The zero-order valence-corrected chi connectivity index (χ0v) is 22.7. The first-order valence-electron chi connectivity index (χ1n) is 13.6. The van der Waals surface area contributed by atoms with Crippen molar-refractivity contribution in [1.29, 1.82) is 0 Å². The molecule has 12 heteroatoms. The van der Waals surface area contributed by atoms with Crippen molar-refractivity contribution in [2.45, 2.75) is 58.3 Å². The van der Waals surface area contributed by atoms with Gasteiger partial charge in [-0.2, -0.15) is 0 Å². The molecule has 218 valence electrons. The Balaban J connectivity index is 1.83. The Morgan fingerprint density at radius 2 is 1.11 bits per heavy atom. The molecular formula is C26H45N3O9. The van der Waals surface area contributed by atoms with Crippen LogP contribution >= 0.6 is 0 Å². The second-order valence-corrected chi connectivity index (χ2v) is 8.68. The van der Waals surface area contributed by atoms with E-state index in [9.17, 15) is 20.2 Å². The Morgan fingerprint density at radius 1 is 0.632 bits per heavy atom. The summed E-state index contributed by atoms with van der Waals surface area (Å²) < 4.78 is 27.4. The second kappa shape index (κ2) is 23.7. The number of unbranched alkanes of at least 4 members (excludes halogenated alkanes) is 7. The molecular weight excluding hydrogens is 498 g/mol. The van der Waals surface area contributed by atoms with Gasteiger partial charge in [-0.15, -0.1) is 0 Å². The second-order valence-electron chi connectivity index (χ2n) is 8.68. The maximum absolute atomic E-state index is 11.1. The summed E-state index contributed by atoms with van der Waals surface area (Å²) in [4.78, 5) is 20.5. The van der Waals surface area contributed by atoms with Gasteiger partial charge in [0, 0.05) is 19.2 Å². The van der Waals surface area contributed by atoms with Crippen molar-refractivity contribution in [2.75, 3.05) is 77.9 Å². The van der Waals surface area contributed by atoms with E-state index in [0.29, 0.717) is 66.0 Å². The average molecular weight is 544 g/mol. The van der Waals surface area contributed by atoms with Crippen molar-refractivity contribution in [2.24, 2.45) is 0 Å². The van der Waals surface area contributed by atoms with Crippen molar-refractivity contribution in [3.05, 3.63) is 38.4 Å². The zero-order chi connectivity index (χ0) is 27.7. The van der Waals surface area contributed by atoms with E-state index >= 15 is 0 Å². The van der Waals surface area contributed by atoms with Crippen LogP contribution in [0.1, 0.15) is 58.3 Å². The average Bonchev–Trinajstić information content (AvgIpc) is 2.91. The van der Waals surface area contributed by atoms with Crippen molar-refractivity contribution in [1.82, 2.24) is 0 Å². The van der Waals surface area contributed by atoms with Gasteiger partial charge in [0.25, 0.3) is 11.4 Å². The fraction of sp³-hybridized carbons (Fsp3) is 0.769. The van der Waals surface area contributed by atoms with Gasteiger partial charge < -0.3 is 29.0 Å². The maximum atomic E-state index is 11.1. The van der Waals surface area contributed by atoms with Crippen LogP contribution in [0.15, 0.2) is 18.2 Å². The lowest BCUT2D eigenvalue weighted by molar-refractivity contribution is -0.393. The number of non-ortho nitro benzene ring substituents is 1. The monoisotopic (exact) mass is 543 g/mol. The summed E-state index contributed by atoms with van der Waals surface area (Å²) in [6.45, 7) is 7.52. The Labute approximate surface area is 225 Å².